The van der Waals surface area contributed by atoms with E-state index in [1.807, 2.05) is 45.0 Å². The van der Waals surface area contributed by atoms with Crippen LogP contribution in [0.5, 0.6) is 0 Å². The van der Waals surface area contributed by atoms with E-state index in [0.29, 0.717) is 36.8 Å². The highest BCUT2D eigenvalue weighted by Gasteiger charge is 2.56. The van der Waals surface area contributed by atoms with Gasteiger partial charge in [0.15, 0.2) is 11.6 Å². The molecule has 2 atom stereocenters. The van der Waals surface area contributed by atoms with Gasteiger partial charge in [-0.2, -0.15) is 0 Å². The van der Waals surface area contributed by atoms with E-state index >= 15 is 0 Å². The Morgan fingerprint density at radius 3 is 2.15 bits per heavy atom. The molecule has 0 N–H and O–H groups in total. The van der Waals surface area contributed by atoms with Crippen molar-refractivity contribution in [1.29, 1.82) is 0 Å². The second-order valence-corrected chi connectivity index (χ2v) is 10.5. The number of Topliss-reactive ketones (excluding diaryl/α,β-unsaturated/α-hetero) is 1. The molecule has 5 nitrogen and oxygen atoms in total. The molecule has 1 aromatic carbocycles. The predicted molar refractivity (Wildman–Crippen MR) is 142 cm³/mol. The van der Waals surface area contributed by atoms with Crippen molar-refractivity contribution >= 4 is 52.1 Å². The molecule has 34 heavy (non-hydrogen) atoms. The monoisotopic (exact) mass is 506 g/mol. The predicted octanol–water partition coefficient (Wildman–Crippen LogP) is 5.65. The zero-order valence-corrected chi connectivity index (χ0v) is 22.4. The van der Waals surface area contributed by atoms with E-state index in [1.54, 1.807) is 24.9 Å². The Labute approximate surface area is 213 Å². The highest BCUT2D eigenvalue weighted by molar-refractivity contribution is 6.18. The lowest BCUT2D eigenvalue weighted by atomic mass is 9.52. The van der Waals surface area contributed by atoms with Gasteiger partial charge in [-0.15, -0.1) is 29.8 Å². The summed E-state index contributed by atoms with van der Waals surface area (Å²) in [5.74, 6) is 0.164. The summed E-state index contributed by atoms with van der Waals surface area (Å²) >= 11 is 11.8. The quantitative estimate of drug-likeness (QED) is 0.287. The lowest BCUT2D eigenvalue weighted by Crippen LogP contribution is -2.53. The maximum absolute atomic E-state index is 13.3. The first-order valence-electron chi connectivity index (χ1n) is 11.6. The van der Waals surface area contributed by atoms with Crippen LogP contribution in [0, 0.1) is 16.7 Å². The number of halogens is 2. The number of amides is 1. The number of alkyl halides is 2. The molecule has 0 spiro atoms. The molecule has 0 heterocycles. The van der Waals surface area contributed by atoms with E-state index < -0.39 is 16.7 Å². The number of anilines is 2. The topological polar surface area (TPSA) is 57.7 Å². The number of nitrogens with zero attached hydrogens (tertiary/aromatic N) is 2. The number of allylic oxidation sites excluding steroid dienone is 3. The van der Waals surface area contributed by atoms with Gasteiger partial charge in [0, 0.05) is 61.0 Å². The SMILES string of the molecule is C=CCC1C(=O)C(C)=CC(=O)C1(C)C(C)(C)CC(=O)N(C)c1ccc(N(CCCl)CCCl)cc1. The number of hydrogen-bond acceptors (Lipinski definition) is 4. The van der Waals surface area contributed by atoms with Crippen molar-refractivity contribution < 1.29 is 14.4 Å². The molecule has 7 heteroatoms. The van der Waals surface area contributed by atoms with E-state index in [2.05, 4.69) is 11.5 Å². The molecule has 0 fully saturated rings. The summed E-state index contributed by atoms with van der Waals surface area (Å²) in [5.41, 5.74) is 0.427. The Kier molecular flexibility index (Phi) is 9.55. The number of hydrogen-bond donors (Lipinski definition) is 0. The minimum absolute atomic E-state index is 0.0510. The molecule has 0 bridgehead atoms. The summed E-state index contributed by atoms with van der Waals surface area (Å²) in [4.78, 5) is 43.2. The Morgan fingerprint density at radius 1 is 1.12 bits per heavy atom. The number of ketones is 2. The molecule has 2 rings (SSSR count). The maximum Gasteiger partial charge on any atom is 0.227 e. The Balaban J connectivity index is 2.26. The molecule has 186 valence electrons. The summed E-state index contributed by atoms with van der Waals surface area (Å²) < 4.78 is 0. The molecule has 1 aliphatic rings. The van der Waals surface area contributed by atoms with E-state index in [-0.39, 0.29) is 23.9 Å². The van der Waals surface area contributed by atoms with E-state index in [0.717, 1.165) is 11.4 Å². The van der Waals surface area contributed by atoms with Crippen molar-refractivity contribution in [3.05, 3.63) is 48.6 Å². The Hall–Kier alpha value is -2.11. The second-order valence-electron chi connectivity index (χ2n) is 9.73. The molecule has 1 amide bonds. The largest absolute Gasteiger partial charge is 0.369 e. The Morgan fingerprint density at radius 2 is 1.65 bits per heavy atom. The molecule has 0 saturated heterocycles. The standard InChI is InChI=1S/C27H36Cl2N2O3/c1-7-8-22-25(34)19(2)17-23(32)27(22,5)26(3,4)18-24(33)30(6)20-9-11-21(12-10-20)31(15-13-28)16-14-29/h7,9-12,17,22H,1,8,13-16,18H2,2-6H3. The molecule has 0 radical (unpaired) electrons. The van der Waals surface area contributed by atoms with E-state index in [9.17, 15) is 14.4 Å². The molecule has 0 aliphatic heterocycles. The molecule has 1 aliphatic carbocycles. The van der Waals surface area contributed by atoms with Crippen LogP contribution in [0.15, 0.2) is 48.6 Å². The minimum atomic E-state index is -1.01. The van der Waals surface area contributed by atoms with Gasteiger partial charge >= 0.3 is 0 Å². The summed E-state index contributed by atoms with van der Waals surface area (Å²) in [6.07, 6.45) is 3.62. The van der Waals surface area contributed by atoms with Crippen LogP contribution >= 0.6 is 23.2 Å². The van der Waals surface area contributed by atoms with Crippen LogP contribution in [0.4, 0.5) is 11.4 Å². The van der Waals surface area contributed by atoms with Crippen LogP contribution in [0.25, 0.3) is 0 Å². The lowest BCUT2D eigenvalue weighted by Gasteiger charge is -2.48. The number of carbonyl (C=O) groups excluding carboxylic acids is 3. The first-order valence-corrected chi connectivity index (χ1v) is 12.6. The fraction of sp³-hybridized carbons (Fsp3) is 0.519. The van der Waals surface area contributed by atoms with Crippen LogP contribution < -0.4 is 9.80 Å². The first-order chi connectivity index (χ1) is 15.9. The average molecular weight is 508 g/mol. The zero-order chi connectivity index (χ0) is 25.7. The van der Waals surface area contributed by atoms with Gasteiger partial charge in [-0.3, -0.25) is 14.4 Å². The number of benzene rings is 1. The van der Waals surface area contributed by atoms with Crippen LogP contribution in [0.2, 0.25) is 0 Å². The van der Waals surface area contributed by atoms with Crippen molar-refractivity contribution in [1.82, 2.24) is 0 Å². The van der Waals surface area contributed by atoms with Gasteiger partial charge in [0.2, 0.25) is 5.91 Å². The third kappa shape index (κ3) is 5.58. The highest BCUT2D eigenvalue weighted by Crippen LogP contribution is 2.52. The lowest BCUT2D eigenvalue weighted by molar-refractivity contribution is -0.146. The van der Waals surface area contributed by atoms with E-state index in [4.69, 9.17) is 23.2 Å². The summed E-state index contributed by atoms with van der Waals surface area (Å²) in [7, 11) is 1.73. The van der Waals surface area contributed by atoms with Crippen LogP contribution in [0.1, 0.15) is 40.5 Å². The number of carbonyl (C=O) groups is 3. The van der Waals surface area contributed by atoms with Gasteiger partial charge < -0.3 is 9.80 Å². The van der Waals surface area contributed by atoms with Crippen LogP contribution in [-0.4, -0.2) is 49.4 Å². The normalized spacial score (nSPS) is 20.7. The van der Waals surface area contributed by atoms with Crippen molar-refractivity contribution in [2.75, 3.05) is 41.7 Å². The van der Waals surface area contributed by atoms with Gasteiger partial charge in [-0.25, -0.2) is 0 Å². The summed E-state index contributed by atoms with van der Waals surface area (Å²) in [5, 5.41) is 0. The van der Waals surface area contributed by atoms with Crippen molar-refractivity contribution in [3.8, 4) is 0 Å². The second kappa shape index (κ2) is 11.5. The maximum atomic E-state index is 13.3. The number of rotatable bonds is 11. The van der Waals surface area contributed by atoms with Gasteiger partial charge in [-0.1, -0.05) is 26.8 Å². The Bertz CT molecular complexity index is 949. The first kappa shape index (κ1) is 28.1. The molecule has 0 saturated carbocycles. The van der Waals surface area contributed by atoms with E-state index in [1.165, 1.54) is 6.08 Å². The molecule has 2 unspecified atom stereocenters. The third-order valence-electron chi connectivity index (χ3n) is 7.35. The third-order valence-corrected chi connectivity index (χ3v) is 7.69. The van der Waals surface area contributed by atoms with Crippen molar-refractivity contribution in [3.63, 3.8) is 0 Å². The minimum Gasteiger partial charge on any atom is -0.369 e. The van der Waals surface area contributed by atoms with Gasteiger partial charge in [0.05, 0.1) is 0 Å². The smallest absolute Gasteiger partial charge is 0.227 e. The highest BCUT2D eigenvalue weighted by atomic mass is 35.5. The fourth-order valence-electron chi connectivity index (χ4n) is 4.73. The van der Waals surface area contributed by atoms with Crippen LogP contribution in [0.3, 0.4) is 0 Å². The summed E-state index contributed by atoms with van der Waals surface area (Å²) in [6, 6.07) is 7.67. The van der Waals surface area contributed by atoms with Crippen molar-refractivity contribution in [2.24, 2.45) is 16.7 Å². The molecule has 0 aromatic heterocycles. The molecule has 1 aromatic rings. The van der Waals surface area contributed by atoms with Crippen molar-refractivity contribution in [2.45, 2.75) is 40.5 Å². The average Bonchev–Trinajstić information content (AvgIpc) is 2.79. The van der Waals surface area contributed by atoms with Gasteiger partial charge in [0.25, 0.3) is 0 Å². The van der Waals surface area contributed by atoms with Crippen LogP contribution in [-0.2, 0) is 14.4 Å². The van der Waals surface area contributed by atoms with Gasteiger partial charge in [-0.05, 0) is 54.7 Å². The molecular weight excluding hydrogens is 471 g/mol. The fourth-order valence-corrected chi connectivity index (χ4v) is 5.13. The zero-order valence-electron chi connectivity index (χ0n) is 20.9. The summed E-state index contributed by atoms with van der Waals surface area (Å²) in [6.45, 7) is 12.4. The van der Waals surface area contributed by atoms with Gasteiger partial charge in [0.1, 0.15) is 0 Å². The molecular formula is C27H36Cl2N2O3.